The van der Waals surface area contributed by atoms with E-state index in [2.05, 4.69) is 115 Å². The summed E-state index contributed by atoms with van der Waals surface area (Å²) < 4.78 is 8.58. The Morgan fingerprint density at radius 1 is 0.500 bits per heavy atom. The second-order valence-electron chi connectivity index (χ2n) is 9.43. The maximum Gasteiger partial charge on any atom is 0.137 e. The van der Waals surface area contributed by atoms with Gasteiger partial charge >= 0.3 is 0 Å². The molecule has 0 fully saturated rings. The topological polar surface area (TPSA) is 18.1 Å². The summed E-state index contributed by atoms with van der Waals surface area (Å²) in [7, 11) is 0. The normalized spacial score (nSPS) is 11.4. The SMILES string of the molecule is C=Cc1c(C=C)n(-c2ccc3c(c2)oc2ccccc23)c2ccccc2c2ccccc2c2ccccc12. The zero-order valence-corrected chi connectivity index (χ0v) is 20.9. The van der Waals surface area contributed by atoms with Crippen LogP contribution in [0.4, 0.5) is 0 Å². The predicted octanol–water partition coefficient (Wildman–Crippen LogP) is 10.2. The Balaban J connectivity index is 1.77. The minimum atomic E-state index is 0.852. The molecule has 180 valence electrons. The fourth-order valence-corrected chi connectivity index (χ4v) is 5.74. The molecule has 2 heteroatoms. The van der Waals surface area contributed by atoms with Gasteiger partial charge in [-0.25, -0.2) is 0 Å². The molecule has 7 aromatic rings. The quantitative estimate of drug-likeness (QED) is 0.242. The maximum absolute atomic E-state index is 6.30. The van der Waals surface area contributed by atoms with Gasteiger partial charge in [0.05, 0.1) is 11.2 Å². The second kappa shape index (κ2) is 8.79. The Hall–Kier alpha value is -5.08. The van der Waals surface area contributed by atoms with E-state index in [1.807, 2.05) is 30.4 Å². The number of rotatable bonds is 3. The van der Waals surface area contributed by atoms with E-state index in [4.69, 9.17) is 4.42 Å². The Bertz CT molecular complexity index is 2120. The molecule has 0 bridgehead atoms. The van der Waals surface area contributed by atoms with Crippen LogP contribution in [0, 0.1) is 0 Å². The Labute approximate surface area is 220 Å². The Kier molecular flexibility index (Phi) is 5.12. The first-order chi connectivity index (χ1) is 18.8. The molecular formula is C36H25NO. The van der Waals surface area contributed by atoms with E-state index in [9.17, 15) is 0 Å². The van der Waals surface area contributed by atoms with Crippen molar-refractivity contribution in [3.8, 4) is 5.69 Å². The number of para-hydroxylation sites is 2. The fraction of sp³-hybridized carbons (Fsp3) is 0. The molecule has 0 spiro atoms. The van der Waals surface area contributed by atoms with Gasteiger partial charge < -0.3 is 8.98 Å². The van der Waals surface area contributed by atoms with Crippen LogP contribution >= 0.6 is 0 Å². The molecule has 2 aromatic heterocycles. The molecule has 2 heterocycles. The van der Waals surface area contributed by atoms with E-state index in [1.165, 1.54) is 16.2 Å². The molecule has 0 atom stereocenters. The first-order valence-corrected chi connectivity index (χ1v) is 12.8. The number of nitrogens with zero attached hydrogens (tertiary/aromatic N) is 1. The molecule has 0 N–H and O–H groups in total. The van der Waals surface area contributed by atoms with E-state index in [0.29, 0.717) is 0 Å². The van der Waals surface area contributed by atoms with Crippen LogP contribution in [-0.2, 0) is 0 Å². The summed E-state index contributed by atoms with van der Waals surface area (Å²) in [6.45, 7) is 8.53. The van der Waals surface area contributed by atoms with Crippen LogP contribution in [0.1, 0.15) is 11.3 Å². The van der Waals surface area contributed by atoms with E-state index in [-0.39, 0.29) is 0 Å². The van der Waals surface area contributed by atoms with Crippen molar-refractivity contribution < 1.29 is 4.42 Å². The minimum absolute atomic E-state index is 0.852. The number of fused-ring (bicyclic) bond motifs is 8. The lowest BCUT2D eigenvalue weighted by molar-refractivity contribution is 0.668. The Morgan fingerprint density at radius 2 is 1.05 bits per heavy atom. The average Bonchev–Trinajstić information content (AvgIpc) is 3.36. The minimum Gasteiger partial charge on any atom is -0.456 e. The van der Waals surface area contributed by atoms with Crippen molar-refractivity contribution in [3.05, 3.63) is 140 Å². The average molecular weight is 488 g/mol. The highest BCUT2D eigenvalue weighted by Gasteiger charge is 2.14. The fourth-order valence-electron chi connectivity index (χ4n) is 5.74. The third kappa shape index (κ3) is 3.28. The molecular weight excluding hydrogens is 462 g/mol. The maximum atomic E-state index is 6.30. The van der Waals surface area contributed by atoms with Crippen LogP contribution in [0.5, 0.6) is 0 Å². The summed E-state index contributed by atoms with van der Waals surface area (Å²) >= 11 is 0. The van der Waals surface area contributed by atoms with Gasteiger partial charge in [0.15, 0.2) is 0 Å². The number of hydrogen-bond donors (Lipinski definition) is 0. The molecule has 0 amide bonds. The number of hydrogen-bond acceptors (Lipinski definition) is 1. The molecule has 5 aromatic carbocycles. The van der Waals surface area contributed by atoms with Crippen LogP contribution in [0.2, 0.25) is 0 Å². The lowest BCUT2D eigenvalue weighted by Crippen LogP contribution is -2.02. The third-order valence-corrected chi connectivity index (χ3v) is 7.40. The van der Waals surface area contributed by atoms with Gasteiger partial charge in [-0.3, -0.25) is 0 Å². The van der Waals surface area contributed by atoms with E-state index in [0.717, 1.165) is 55.2 Å². The summed E-state index contributed by atoms with van der Waals surface area (Å²) in [5.74, 6) is 0. The van der Waals surface area contributed by atoms with Crippen molar-refractivity contribution in [1.82, 2.24) is 4.57 Å². The Morgan fingerprint density at radius 3 is 1.76 bits per heavy atom. The third-order valence-electron chi connectivity index (χ3n) is 7.40. The second-order valence-corrected chi connectivity index (χ2v) is 9.43. The molecule has 0 saturated carbocycles. The van der Waals surface area contributed by atoms with Gasteiger partial charge in [-0.1, -0.05) is 104 Å². The molecule has 0 aliphatic rings. The van der Waals surface area contributed by atoms with Crippen LogP contribution < -0.4 is 0 Å². The van der Waals surface area contributed by atoms with Crippen molar-refractivity contribution in [2.45, 2.75) is 0 Å². The smallest absolute Gasteiger partial charge is 0.137 e. The number of benzene rings is 5. The summed E-state index contributed by atoms with van der Waals surface area (Å²) in [6, 6.07) is 40.4. The molecule has 0 radical (unpaired) electrons. The van der Waals surface area contributed by atoms with Gasteiger partial charge in [0.2, 0.25) is 0 Å². The summed E-state index contributed by atoms with van der Waals surface area (Å²) in [4.78, 5) is 0. The monoisotopic (exact) mass is 487 g/mol. The molecule has 38 heavy (non-hydrogen) atoms. The first-order valence-electron chi connectivity index (χ1n) is 12.8. The summed E-state index contributed by atoms with van der Waals surface area (Å²) in [6.07, 6.45) is 3.88. The molecule has 0 aliphatic carbocycles. The highest BCUT2D eigenvalue weighted by Crippen LogP contribution is 2.35. The van der Waals surface area contributed by atoms with Gasteiger partial charge in [-0.15, -0.1) is 0 Å². The number of furan rings is 1. The van der Waals surface area contributed by atoms with Gasteiger partial charge in [-0.2, -0.15) is 0 Å². The van der Waals surface area contributed by atoms with Crippen molar-refractivity contribution in [1.29, 1.82) is 0 Å². The van der Waals surface area contributed by atoms with Gasteiger partial charge in [0.1, 0.15) is 11.2 Å². The highest BCUT2D eigenvalue weighted by molar-refractivity contribution is 6.15. The standard InChI is InChI=1S/C36H25NO/c1-3-25-26-13-5-6-14-27(26)28-15-7-8-16-29(28)30-17-9-11-19-34(30)37(33(25)4-2)24-21-22-32-31-18-10-12-20-35(31)38-36(32)23-24/h3-23H,1-2H2. The van der Waals surface area contributed by atoms with Crippen molar-refractivity contribution >= 4 is 66.5 Å². The van der Waals surface area contributed by atoms with E-state index in [1.54, 1.807) is 0 Å². The lowest BCUT2D eigenvalue weighted by atomic mass is 10.0. The van der Waals surface area contributed by atoms with Gasteiger partial charge in [0.25, 0.3) is 0 Å². The van der Waals surface area contributed by atoms with Crippen LogP contribution in [-0.4, -0.2) is 4.57 Å². The van der Waals surface area contributed by atoms with Crippen molar-refractivity contribution in [2.75, 3.05) is 0 Å². The molecule has 0 unspecified atom stereocenters. The predicted molar refractivity (Wildman–Crippen MR) is 163 cm³/mol. The van der Waals surface area contributed by atoms with E-state index >= 15 is 0 Å². The van der Waals surface area contributed by atoms with Crippen molar-refractivity contribution in [2.24, 2.45) is 0 Å². The highest BCUT2D eigenvalue weighted by atomic mass is 16.3. The largest absolute Gasteiger partial charge is 0.456 e. The van der Waals surface area contributed by atoms with Crippen LogP contribution in [0.25, 0.3) is 72.2 Å². The van der Waals surface area contributed by atoms with Gasteiger partial charge in [-0.05, 0) is 51.9 Å². The lowest BCUT2D eigenvalue weighted by Gasteiger charge is -2.16. The zero-order chi connectivity index (χ0) is 25.6. The van der Waals surface area contributed by atoms with Crippen molar-refractivity contribution in [3.63, 3.8) is 0 Å². The first kappa shape index (κ1) is 22.1. The molecule has 7 rings (SSSR count). The van der Waals surface area contributed by atoms with E-state index < -0.39 is 0 Å². The molecule has 2 nitrogen and oxygen atoms in total. The zero-order valence-electron chi connectivity index (χ0n) is 20.9. The van der Waals surface area contributed by atoms with Crippen LogP contribution in [0.3, 0.4) is 0 Å². The van der Waals surface area contributed by atoms with Gasteiger partial charge in [0, 0.05) is 33.5 Å². The summed E-state index contributed by atoms with van der Waals surface area (Å²) in [5.41, 5.74) is 5.78. The molecule has 0 saturated heterocycles. The van der Waals surface area contributed by atoms with Crippen LogP contribution in [0.15, 0.2) is 133 Å². The summed E-state index contributed by atoms with van der Waals surface area (Å²) in [5, 5.41) is 8.02. The molecule has 0 aliphatic heterocycles. The number of aromatic nitrogens is 1.